The van der Waals surface area contributed by atoms with Gasteiger partial charge in [0.05, 0.1) is 17.9 Å². The van der Waals surface area contributed by atoms with Gasteiger partial charge >= 0.3 is 5.97 Å². The highest BCUT2D eigenvalue weighted by molar-refractivity contribution is 5.86. The van der Waals surface area contributed by atoms with Gasteiger partial charge in [-0.05, 0) is 114 Å². The Bertz CT molecular complexity index is 1510. The maximum atomic E-state index is 14.5. The van der Waals surface area contributed by atoms with Crippen molar-refractivity contribution in [2.45, 2.75) is 119 Å². The number of hydrogen-bond donors (Lipinski definition) is 0. The summed E-state index contributed by atoms with van der Waals surface area (Å²) in [6.07, 6.45) is 13.5. The SMILES string of the molecule is CC1(C)CCC2(C(=O)OCc3ccccc3)CCC3(C)C(=C(c4ccoc4)CC4C5(C)CCC(=O)C(C)(C)C5CCC43C)C2C1. The van der Waals surface area contributed by atoms with Gasteiger partial charge < -0.3 is 9.15 Å². The first-order chi connectivity index (χ1) is 21.2. The van der Waals surface area contributed by atoms with Gasteiger partial charge in [-0.3, -0.25) is 9.59 Å². The molecule has 2 aromatic rings. The van der Waals surface area contributed by atoms with Crippen molar-refractivity contribution in [2.24, 2.45) is 50.2 Å². The van der Waals surface area contributed by atoms with E-state index in [1.54, 1.807) is 0 Å². The molecule has 242 valence electrons. The smallest absolute Gasteiger partial charge is 0.313 e. The van der Waals surface area contributed by atoms with E-state index < -0.39 is 5.41 Å². The summed E-state index contributed by atoms with van der Waals surface area (Å²) in [5.74, 6) is 1.44. The minimum absolute atomic E-state index is 0.00318. The zero-order chi connectivity index (χ0) is 32.0. The normalized spacial score (nSPS) is 40.1. The molecule has 1 heterocycles. The van der Waals surface area contributed by atoms with Crippen LogP contribution in [0.1, 0.15) is 124 Å². The number of hydrogen-bond acceptors (Lipinski definition) is 4. The molecule has 7 rings (SSSR count). The molecule has 0 N–H and O–H groups in total. The van der Waals surface area contributed by atoms with Crippen LogP contribution in [0.15, 0.2) is 58.9 Å². The van der Waals surface area contributed by atoms with E-state index in [4.69, 9.17) is 9.15 Å². The van der Waals surface area contributed by atoms with E-state index in [1.807, 2.05) is 42.9 Å². The van der Waals surface area contributed by atoms with Crippen molar-refractivity contribution in [1.29, 1.82) is 0 Å². The summed E-state index contributed by atoms with van der Waals surface area (Å²) < 4.78 is 12.1. The third-order valence-electron chi connectivity index (χ3n) is 15.0. The number of ether oxygens (including phenoxy) is 1. The van der Waals surface area contributed by atoms with Gasteiger partial charge in [0, 0.05) is 17.4 Å². The number of carbonyl (C=O) groups excluding carboxylic acids is 2. The number of furan rings is 1. The molecule has 1 aromatic heterocycles. The molecule has 0 amide bonds. The molecule has 0 saturated heterocycles. The first-order valence-corrected chi connectivity index (χ1v) is 17.7. The lowest BCUT2D eigenvalue weighted by Crippen LogP contribution is -2.65. The standard InChI is InChI=1S/C41H54O4/c1-36(2)18-20-41(35(43)45-25-27-11-9-8-10-12-27)21-19-40(7)34(30(41)24-36)29(28-15-22-44-26-28)23-32-38(5)16-14-33(42)37(3,4)31(38)13-17-39(32,40)6/h8-12,15,22,26,30-32H,13-14,16-21,23-25H2,1-7H3. The monoisotopic (exact) mass is 610 g/mol. The van der Waals surface area contributed by atoms with Crippen LogP contribution in [0.2, 0.25) is 0 Å². The number of rotatable bonds is 4. The van der Waals surface area contributed by atoms with Gasteiger partial charge in [0.25, 0.3) is 0 Å². The second-order valence-corrected chi connectivity index (χ2v) is 17.8. The van der Waals surface area contributed by atoms with Crippen molar-refractivity contribution < 1.29 is 18.7 Å². The maximum Gasteiger partial charge on any atom is 0.313 e. The lowest BCUT2D eigenvalue weighted by atomic mass is 9.32. The molecule has 5 aliphatic rings. The zero-order valence-electron chi connectivity index (χ0n) is 28.8. The summed E-state index contributed by atoms with van der Waals surface area (Å²) in [6.45, 7) is 17.3. The third-order valence-corrected chi connectivity index (χ3v) is 15.0. The number of Topliss-reactive ketones (excluding diaryl/α,β-unsaturated/α-hetero) is 1. The molecule has 45 heavy (non-hydrogen) atoms. The molecule has 4 fully saturated rings. The van der Waals surface area contributed by atoms with Crippen LogP contribution in [0.3, 0.4) is 0 Å². The van der Waals surface area contributed by atoms with E-state index in [0.29, 0.717) is 30.6 Å². The van der Waals surface area contributed by atoms with Crippen LogP contribution in [0.4, 0.5) is 0 Å². The van der Waals surface area contributed by atoms with Gasteiger partial charge in [0.1, 0.15) is 12.4 Å². The number of allylic oxidation sites excluding steroid dienone is 2. The molecule has 7 atom stereocenters. The fraction of sp³-hybridized carbons (Fsp3) is 0.659. The Hall–Kier alpha value is -2.62. The summed E-state index contributed by atoms with van der Waals surface area (Å²) in [5.41, 5.74) is 4.66. The van der Waals surface area contributed by atoms with Gasteiger partial charge in [-0.25, -0.2) is 0 Å². The average molecular weight is 611 g/mol. The number of carbonyl (C=O) groups is 2. The van der Waals surface area contributed by atoms with E-state index in [9.17, 15) is 9.59 Å². The van der Waals surface area contributed by atoms with Crippen LogP contribution in [0, 0.1) is 50.2 Å². The lowest BCUT2D eigenvalue weighted by molar-refractivity contribution is -0.190. The first kappa shape index (κ1) is 31.0. The van der Waals surface area contributed by atoms with Crippen LogP contribution in [-0.4, -0.2) is 11.8 Å². The quantitative estimate of drug-likeness (QED) is 0.323. The average Bonchev–Trinajstić information content (AvgIpc) is 3.53. The highest BCUT2D eigenvalue weighted by atomic mass is 16.5. The highest BCUT2D eigenvalue weighted by Crippen LogP contribution is 2.77. The van der Waals surface area contributed by atoms with E-state index in [2.05, 4.69) is 54.5 Å². The first-order valence-electron chi connectivity index (χ1n) is 17.7. The number of ketones is 1. The predicted octanol–water partition coefficient (Wildman–Crippen LogP) is 10.2. The molecule has 0 aliphatic heterocycles. The van der Waals surface area contributed by atoms with Crippen LogP contribution in [-0.2, 0) is 20.9 Å². The Balaban J connectivity index is 1.37. The number of esters is 1. The number of fused-ring (bicyclic) bond motifs is 7. The second kappa shape index (κ2) is 10.2. The zero-order valence-corrected chi connectivity index (χ0v) is 28.8. The lowest BCUT2D eigenvalue weighted by Gasteiger charge is -2.71. The molecule has 5 aliphatic carbocycles. The molecular weight excluding hydrogens is 556 g/mol. The molecule has 0 bridgehead atoms. The second-order valence-electron chi connectivity index (χ2n) is 17.8. The fourth-order valence-corrected chi connectivity index (χ4v) is 12.1. The Morgan fingerprint density at radius 1 is 0.889 bits per heavy atom. The predicted molar refractivity (Wildman–Crippen MR) is 178 cm³/mol. The van der Waals surface area contributed by atoms with Gasteiger partial charge in [-0.15, -0.1) is 0 Å². The topological polar surface area (TPSA) is 56.5 Å². The van der Waals surface area contributed by atoms with E-state index in [-0.39, 0.29) is 39.0 Å². The Labute approximate surface area is 270 Å². The summed E-state index contributed by atoms with van der Waals surface area (Å²) in [7, 11) is 0. The Kier molecular flexibility index (Phi) is 7.02. The van der Waals surface area contributed by atoms with Crippen molar-refractivity contribution in [3.63, 3.8) is 0 Å². The van der Waals surface area contributed by atoms with Crippen LogP contribution in [0.25, 0.3) is 5.57 Å². The maximum absolute atomic E-state index is 14.5. The van der Waals surface area contributed by atoms with E-state index in [0.717, 1.165) is 63.4 Å². The van der Waals surface area contributed by atoms with Gasteiger partial charge in [-0.2, -0.15) is 0 Å². The Morgan fingerprint density at radius 3 is 2.33 bits per heavy atom. The largest absolute Gasteiger partial charge is 0.472 e. The summed E-state index contributed by atoms with van der Waals surface area (Å²) in [5, 5.41) is 0. The summed E-state index contributed by atoms with van der Waals surface area (Å²) >= 11 is 0. The van der Waals surface area contributed by atoms with Gasteiger partial charge in [0.15, 0.2) is 0 Å². The van der Waals surface area contributed by atoms with Crippen LogP contribution >= 0.6 is 0 Å². The minimum Gasteiger partial charge on any atom is -0.472 e. The molecule has 4 saturated carbocycles. The molecule has 4 heteroatoms. The van der Waals surface area contributed by atoms with Crippen LogP contribution in [0.5, 0.6) is 0 Å². The molecule has 1 aromatic carbocycles. The number of benzene rings is 1. The summed E-state index contributed by atoms with van der Waals surface area (Å²) in [4.78, 5) is 27.8. The van der Waals surface area contributed by atoms with E-state index >= 15 is 0 Å². The van der Waals surface area contributed by atoms with Crippen molar-refractivity contribution in [1.82, 2.24) is 0 Å². The molecular formula is C41H54O4. The Morgan fingerprint density at radius 2 is 1.62 bits per heavy atom. The van der Waals surface area contributed by atoms with Crippen molar-refractivity contribution in [3.05, 3.63) is 65.6 Å². The fourth-order valence-electron chi connectivity index (χ4n) is 12.1. The summed E-state index contributed by atoms with van der Waals surface area (Å²) in [6, 6.07) is 12.3. The van der Waals surface area contributed by atoms with Gasteiger partial charge in [0.2, 0.25) is 0 Å². The van der Waals surface area contributed by atoms with Crippen molar-refractivity contribution in [3.8, 4) is 0 Å². The molecule has 0 spiro atoms. The minimum atomic E-state index is -0.502. The molecule has 0 radical (unpaired) electrons. The molecule has 4 nitrogen and oxygen atoms in total. The van der Waals surface area contributed by atoms with Crippen molar-refractivity contribution >= 4 is 17.3 Å². The van der Waals surface area contributed by atoms with Crippen LogP contribution < -0.4 is 0 Å². The van der Waals surface area contributed by atoms with E-state index in [1.165, 1.54) is 16.7 Å². The molecule has 7 unspecified atom stereocenters. The van der Waals surface area contributed by atoms with Crippen molar-refractivity contribution in [2.75, 3.05) is 0 Å². The van der Waals surface area contributed by atoms with Gasteiger partial charge in [-0.1, -0.05) is 84.4 Å². The third kappa shape index (κ3) is 4.36. The highest BCUT2D eigenvalue weighted by Gasteiger charge is 2.70.